The van der Waals surface area contributed by atoms with E-state index in [0.29, 0.717) is 22.5 Å². The number of nitrogens with zero attached hydrogens (tertiary/aromatic N) is 1. The molecular weight excluding hydrogens is 396 g/mol. The first kappa shape index (κ1) is 22.8. The van der Waals surface area contributed by atoms with Gasteiger partial charge in [-0.25, -0.2) is 9.18 Å². The minimum absolute atomic E-state index is 0.0470. The van der Waals surface area contributed by atoms with Crippen molar-refractivity contribution in [2.24, 2.45) is 0 Å². The molecule has 3 atom stereocenters. The van der Waals surface area contributed by atoms with Crippen LogP contribution in [-0.2, 0) is 9.36 Å². The van der Waals surface area contributed by atoms with Crippen molar-refractivity contribution < 1.29 is 28.5 Å². The summed E-state index contributed by atoms with van der Waals surface area (Å²) in [5.41, 5.74) is 2.07. The molecule has 0 spiro atoms. The number of aliphatic hydroxyl groups is 1. The molecule has 1 heterocycles. The number of pyridine rings is 1. The van der Waals surface area contributed by atoms with Gasteiger partial charge in [-0.2, -0.15) is 0 Å². The zero-order valence-electron chi connectivity index (χ0n) is 16.6. The van der Waals surface area contributed by atoms with Crippen molar-refractivity contribution in [1.82, 2.24) is 4.98 Å². The Morgan fingerprint density at radius 1 is 1.31 bits per heavy atom. The fourth-order valence-corrected chi connectivity index (χ4v) is 3.59. The van der Waals surface area contributed by atoms with Crippen molar-refractivity contribution in [3.63, 3.8) is 0 Å². The molecule has 0 radical (unpaired) electrons. The number of carbonyl (C=O) groups is 1. The predicted molar refractivity (Wildman–Crippen MR) is 109 cm³/mol. The van der Waals surface area contributed by atoms with Crippen LogP contribution < -0.4 is 4.74 Å². The molecule has 0 bridgehead atoms. The molecule has 154 valence electrons. The summed E-state index contributed by atoms with van der Waals surface area (Å²) >= 11 is 0. The molecule has 3 unspecified atom stereocenters. The number of esters is 1. The van der Waals surface area contributed by atoms with E-state index >= 15 is 0 Å². The van der Waals surface area contributed by atoms with Crippen molar-refractivity contribution >= 4 is 14.0 Å². The van der Waals surface area contributed by atoms with Gasteiger partial charge in [-0.3, -0.25) is 9.55 Å². The molecule has 2 aromatic rings. The van der Waals surface area contributed by atoms with Gasteiger partial charge in [-0.05, 0) is 43.5 Å². The summed E-state index contributed by atoms with van der Waals surface area (Å²) in [6.07, 6.45) is 3.73. The van der Waals surface area contributed by atoms with E-state index in [4.69, 9.17) is 11.2 Å². The summed E-state index contributed by atoms with van der Waals surface area (Å²) in [5.74, 6) is 0.171. The Labute approximate surface area is 169 Å². The maximum Gasteiger partial charge on any atom is 0.342 e. The highest BCUT2D eigenvalue weighted by atomic mass is 31.1. The second-order valence-electron chi connectivity index (χ2n) is 7.01. The minimum atomic E-state index is -3.70. The van der Waals surface area contributed by atoms with E-state index in [1.54, 1.807) is 13.0 Å². The van der Waals surface area contributed by atoms with E-state index < -0.39 is 31.1 Å². The lowest BCUT2D eigenvalue weighted by atomic mass is 9.98. The summed E-state index contributed by atoms with van der Waals surface area (Å²) in [6, 6.07) is 7.22. The van der Waals surface area contributed by atoms with Crippen LogP contribution in [0.15, 0.2) is 30.3 Å². The van der Waals surface area contributed by atoms with Gasteiger partial charge in [0, 0.05) is 11.3 Å². The second-order valence-corrected chi connectivity index (χ2v) is 8.41. The van der Waals surface area contributed by atoms with Crippen molar-refractivity contribution in [1.29, 1.82) is 0 Å². The molecule has 8 heteroatoms. The Hall–Kier alpha value is -2.52. The lowest BCUT2D eigenvalue weighted by Crippen LogP contribution is -2.46. The highest BCUT2D eigenvalue weighted by Gasteiger charge is 2.49. The topological polar surface area (TPSA) is 96.7 Å². The largest absolute Gasteiger partial charge is 0.422 e. The lowest BCUT2D eigenvalue weighted by molar-refractivity contribution is -0.138. The summed E-state index contributed by atoms with van der Waals surface area (Å²) in [4.78, 5) is 27.0. The number of rotatable bonds is 6. The number of benzene rings is 1. The van der Waals surface area contributed by atoms with Gasteiger partial charge in [0.15, 0.2) is 5.75 Å². The molecule has 0 saturated heterocycles. The van der Waals surface area contributed by atoms with Gasteiger partial charge in [-0.15, -0.1) is 6.42 Å². The number of terminal acetylenes is 1. The fourth-order valence-electron chi connectivity index (χ4n) is 2.88. The average molecular weight is 419 g/mol. The summed E-state index contributed by atoms with van der Waals surface area (Å²) in [6.45, 7) is 6.59. The average Bonchev–Trinajstić information content (AvgIpc) is 2.63. The van der Waals surface area contributed by atoms with Crippen molar-refractivity contribution in [3.8, 4) is 29.2 Å². The molecule has 1 aromatic carbocycles. The number of ether oxygens (including phenoxy) is 1. The Bertz CT molecular complexity index is 982. The predicted octanol–water partition coefficient (Wildman–Crippen LogP) is 3.44. The third kappa shape index (κ3) is 4.40. The van der Waals surface area contributed by atoms with Gasteiger partial charge >= 0.3 is 5.97 Å². The first-order chi connectivity index (χ1) is 13.5. The molecule has 6 nitrogen and oxygen atoms in total. The van der Waals surface area contributed by atoms with E-state index in [1.807, 2.05) is 19.8 Å². The Morgan fingerprint density at radius 3 is 2.34 bits per heavy atom. The molecule has 1 aromatic heterocycles. The first-order valence-corrected chi connectivity index (χ1v) is 10.3. The second kappa shape index (κ2) is 8.87. The van der Waals surface area contributed by atoms with Crippen molar-refractivity contribution in [2.45, 2.75) is 44.9 Å². The zero-order chi connectivity index (χ0) is 21.9. The molecule has 29 heavy (non-hydrogen) atoms. The molecule has 0 aliphatic rings. The lowest BCUT2D eigenvalue weighted by Gasteiger charge is -2.27. The molecule has 0 aliphatic heterocycles. The van der Waals surface area contributed by atoms with E-state index in [9.17, 15) is 23.7 Å². The molecule has 2 N–H and O–H groups in total. The number of hydrogen-bond donors (Lipinski definition) is 2. The Balaban J connectivity index is 2.70. The minimum Gasteiger partial charge on any atom is -0.422 e. The number of carbonyl (C=O) groups excluding carboxylic acids is 1. The third-order valence-corrected chi connectivity index (χ3v) is 5.98. The number of aryl methyl sites for hydroxylation is 1. The smallest absolute Gasteiger partial charge is 0.342 e. The normalized spacial score (nSPS) is 15.3. The van der Waals surface area contributed by atoms with Gasteiger partial charge < -0.3 is 14.7 Å². The number of hydrogen-bond acceptors (Lipinski definition) is 5. The van der Waals surface area contributed by atoms with Crippen LogP contribution in [0.2, 0.25) is 0 Å². The fraction of sp³-hybridized carbons (Fsp3) is 0.333. The quantitative estimate of drug-likeness (QED) is 0.423. The van der Waals surface area contributed by atoms with E-state index in [1.165, 1.54) is 24.3 Å². The van der Waals surface area contributed by atoms with Crippen LogP contribution in [0.25, 0.3) is 11.1 Å². The summed E-state index contributed by atoms with van der Waals surface area (Å²) in [7, 11) is -3.70. The summed E-state index contributed by atoms with van der Waals surface area (Å²) < 4.78 is 30.8. The van der Waals surface area contributed by atoms with Crippen LogP contribution in [0, 0.1) is 25.1 Å². The Kier molecular flexibility index (Phi) is 6.97. The summed E-state index contributed by atoms with van der Waals surface area (Å²) in [5, 5.41) is 7.59. The van der Waals surface area contributed by atoms with Crippen LogP contribution in [-0.4, -0.2) is 32.2 Å². The van der Waals surface area contributed by atoms with Crippen LogP contribution in [0.1, 0.15) is 38.1 Å². The van der Waals surface area contributed by atoms with E-state index in [0.717, 1.165) is 6.92 Å². The molecular formula is C21H23FNO5P. The molecule has 0 fully saturated rings. The van der Waals surface area contributed by atoms with Gasteiger partial charge in [0.1, 0.15) is 5.82 Å². The van der Waals surface area contributed by atoms with Crippen LogP contribution in [0.4, 0.5) is 4.39 Å². The molecule has 2 rings (SSSR count). The van der Waals surface area contributed by atoms with Gasteiger partial charge in [0.25, 0.3) is 0 Å². The number of aromatic nitrogens is 1. The van der Waals surface area contributed by atoms with Gasteiger partial charge in [-0.1, -0.05) is 31.9 Å². The number of halogens is 1. The molecule has 0 aliphatic carbocycles. The third-order valence-electron chi connectivity index (χ3n) is 4.54. The zero-order valence-corrected chi connectivity index (χ0v) is 17.6. The van der Waals surface area contributed by atoms with Crippen LogP contribution >= 0.6 is 8.03 Å². The number of aliphatic hydroxyl groups excluding tert-OH is 1. The monoisotopic (exact) mass is 419 g/mol. The highest BCUT2D eigenvalue weighted by molar-refractivity contribution is 7.42. The standard InChI is InChI=1S/C21H23FNO5P/c1-6-21(14(5)24,29(26)27)20(25)28-19-17(15-7-9-16(22)10-8-15)11-13(4)23-18(19)12(2)3/h1,7-12,14,24,29H,2-5H3,(H,26,27). The first-order valence-electron chi connectivity index (χ1n) is 8.93. The maximum atomic E-state index is 13.4. The van der Waals surface area contributed by atoms with Crippen molar-refractivity contribution in [3.05, 3.63) is 47.5 Å². The highest BCUT2D eigenvalue weighted by Crippen LogP contribution is 2.42. The van der Waals surface area contributed by atoms with Crippen molar-refractivity contribution in [2.75, 3.05) is 0 Å². The van der Waals surface area contributed by atoms with Crippen LogP contribution in [0.5, 0.6) is 5.75 Å². The SMILES string of the molecule is C#CC(C(=O)Oc1c(-c2ccc(F)cc2)cc(C)nc1C(C)C)(C(C)O)[PH](=O)O. The van der Waals surface area contributed by atoms with Gasteiger partial charge in [0.2, 0.25) is 13.2 Å². The Morgan fingerprint density at radius 2 is 1.90 bits per heavy atom. The van der Waals surface area contributed by atoms with E-state index in [-0.39, 0.29) is 11.7 Å². The maximum absolute atomic E-state index is 13.4. The van der Waals surface area contributed by atoms with Gasteiger partial charge in [0.05, 0.1) is 11.8 Å². The molecule has 0 amide bonds. The van der Waals surface area contributed by atoms with E-state index in [2.05, 4.69) is 4.98 Å². The molecule has 0 saturated carbocycles. The van der Waals surface area contributed by atoms with Crippen LogP contribution in [0.3, 0.4) is 0 Å².